The minimum Gasteiger partial charge on any atom is -0.489 e. The number of alkyl halides is 1. The monoisotopic (exact) mass is 280 g/mol. The van der Waals surface area contributed by atoms with Crippen molar-refractivity contribution >= 4 is 11.6 Å². The maximum Gasteiger partial charge on any atom is 0.161 e. The molecule has 1 aromatic rings. The van der Waals surface area contributed by atoms with Crippen molar-refractivity contribution in [1.82, 2.24) is 0 Å². The van der Waals surface area contributed by atoms with Gasteiger partial charge < -0.3 is 9.47 Å². The van der Waals surface area contributed by atoms with Crippen LogP contribution in [0.25, 0.3) is 0 Å². The van der Waals surface area contributed by atoms with Crippen LogP contribution in [-0.2, 0) is 6.42 Å². The molecule has 0 bridgehead atoms. The molecule has 3 heteroatoms. The van der Waals surface area contributed by atoms with Crippen molar-refractivity contribution in [3.8, 4) is 11.5 Å². The first-order valence-electron chi connectivity index (χ1n) is 7.20. The zero-order valence-electron chi connectivity index (χ0n) is 11.6. The Hall–Kier alpha value is -0.890. The predicted octanol–water partition coefficient (Wildman–Crippen LogP) is 4.35. The molecule has 2 nitrogen and oxygen atoms in total. The third kappa shape index (κ3) is 2.69. The van der Waals surface area contributed by atoms with E-state index in [0.29, 0.717) is 11.8 Å². The van der Waals surface area contributed by atoms with Crippen LogP contribution in [0.15, 0.2) is 12.1 Å². The Morgan fingerprint density at radius 1 is 1.05 bits per heavy atom. The van der Waals surface area contributed by atoms with E-state index in [4.69, 9.17) is 21.1 Å². The first-order valence-corrected chi connectivity index (χ1v) is 7.63. The molecule has 1 aromatic carbocycles. The molecule has 0 spiro atoms. The summed E-state index contributed by atoms with van der Waals surface area (Å²) in [6.45, 7) is 5.87. The van der Waals surface area contributed by atoms with Gasteiger partial charge in [0.25, 0.3) is 0 Å². The van der Waals surface area contributed by atoms with Gasteiger partial charge in [-0.2, -0.15) is 0 Å². The Labute approximate surface area is 120 Å². The lowest BCUT2D eigenvalue weighted by Gasteiger charge is -2.15. The molecule has 2 aliphatic rings. The first kappa shape index (κ1) is 13.1. The summed E-state index contributed by atoms with van der Waals surface area (Å²) in [6.07, 6.45) is 3.34. The molecule has 1 aliphatic carbocycles. The van der Waals surface area contributed by atoms with E-state index in [9.17, 15) is 0 Å². The number of hydrogen-bond acceptors (Lipinski definition) is 2. The molecule has 0 saturated carbocycles. The third-order valence-electron chi connectivity index (χ3n) is 4.11. The molecule has 3 atom stereocenters. The zero-order valence-corrected chi connectivity index (χ0v) is 12.4. The van der Waals surface area contributed by atoms with E-state index in [1.807, 2.05) is 0 Å². The van der Waals surface area contributed by atoms with Crippen molar-refractivity contribution in [2.45, 2.75) is 38.5 Å². The van der Waals surface area contributed by atoms with Crippen LogP contribution < -0.4 is 9.47 Å². The normalized spacial score (nSPS) is 30.2. The highest BCUT2D eigenvalue weighted by molar-refractivity contribution is 6.21. The van der Waals surface area contributed by atoms with Crippen LogP contribution >= 0.6 is 11.6 Å². The third-order valence-corrected chi connectivity index (χ3v) is 4.52. The van der Waals surface area contributed by atoms with E-state index >= 15 is 0 Å². The lowest BCUT2D eigenvalue weighted by molar-refractivity contribution is 0.228. The summed E-state index contributed by atoms with van der Waals surface area (Å²) in [5, 5.41) is 0.0991. The standard InChI is InChI=1S/C16H21ClO2/c1-10-3-4-12-6-15-16(7-13(12)14(17)5-10)19-9-11(2)8-18-15/h6-7,10-11,14H,3-5,8-9H2,1-2H3. The van der Waals surface area contributed by atoms with Crippen molar-refractivity contribution in [3.63, 3.8) is 0 Å². The van der Waals surface area contributed by atoms with Crippen LogP contribution in [0.4, 0.5) is 0 Å². The highest BCUT2D eigenvalue weighted by atomic mass is 35.5. The topological polar surface area (TPSA) is 18.5 Å². The number of aryl methyl sites for hydroxylation is 1. The summed E-state index contributed by atoms with van der Waals surface area (Å²) in [5.41, 5.74) is 2.57. The Balaban J connectivity index is 1.98. The van der Waals surface area contributed by atoms with E-state index < -0.39 is 0 Å². The van der Waals surface area contributed by atoms with Crippen molar-refractivity contribution in [2.75, 3.05) is 13.2 Å². The maximum absolute atomic E-state index is 6.56. The second-order valence-electron chi connectivity index (χ2n) is 6.07. The molecular formula is C16H21ClO2. The van der Waals surface area contributed by atoms with Crippen LogP contribution in [0.1, 0.15) is 43.2 Å². The predicted molar refractivity (Wildman–Crippen MR) is 77.3 cm³/mol. The fourth-order valence-electron chi connectivity index (χ4n) is 2.86. The number of hydrogen-bond donors (Lipinski definition) is 0. The first-order chi connectivity index (χ1) is 9.13. The van der Waals surface area contributed by atoms with Gasteiger partial charge in [0.2, 0.25) is 0 Å². The molecule has 3 rings (SSSR count). The van der Waals surface area contributed by atoms with E-state index in [1.165, 1.54) is 17.5 Å². The molecule has 0 saturated heterocycles. The minimum atomic E-state index is 0.0991. The average Bonchev–Trinajstić information content (AvgIpc) is 2.64. The molecule has 1 heterocycles. The summed E-state index contributed by atoms with van der Waals surface area (Å²) >= 11 is 6.56. The van der Waals surface area contributed by atoms with Gasteiger partial charge in [-0.3, -0.25) is 0 Å². The average molecular weight is 281 g/mol. The van der Waals surface area contributed by atoms with Crippen LogP contribution in [-0.4, -0.2) is 13.2 Å². The van der Waals surface area contributed by atoms with Gasteiger partial charge in [0.05, 0.1) is 18.6 Å². The van der Waals surface area contributed by atoms with Gasteiger partial charge in [0.15, 0.2) is 11.5 Å². The summed E-state index contributed by atoms with van der Waals surface area (Å²) < 4.78 is 11.7. The number of halogens is 1. The summed E-state index contributed by atoms with van der Waals surface area (Å²) in [7, 11) is 0. The molecule has 0 radical (unpaired) electrons. The highest BCUT2D eigenvalue weighted by Crippen LogP contribution is 2.42. The lowest BCUT2D eigenvalue weighted by atomic mass is 10.0. The van der Waals surface area contributed by atoms with Gasteiger partial charge >= 0.3 is 0 Å². The van der Waals surface area contributed by atoms with Gasteiger partial charge in [-0.15, -0.1) is 11.6 Å². The van der Waals surface area contributed by atoms with Gasteiger partial charge in [0, 0.05) is 5.92 Å². The second kappa shape index (κ2) is 5.24. The fraction of sp³-hybridized carbons (Fsp3) is 0.625. The molecule has 3 unspecified atom stereocenters. The summed E-state index contributed by atoms with van der Waals surface area (Å²) in [6, 6.07) is 4.26. The summed E-state index contributed by atoms with van der Waals surface area (Å²) in [4.78, 5) is 0. The Kier molecular flexibility index (Phi) is 3.62. The van der Waals surface area contributed by atoms with E-state index in [1.54, 1.807) is 0 Å². The van der Waals surface area contributed by atoms with Gasteiger partial charge in [-0.25, -0.2) is 0 Å². The maximum atomic E-state index is 6.56. The van der Waals surface area contributed by atoms with Crippen molar-refractivity contribution < 1.29 is 9.47 Å². The Morgan fingerprint density at radius 3 is 2.47 bits per heavy atom. The SMILES string of the molecule is CC1COc2cc3c(cc2OC1)C(Cl)CC(C)CC3. The molecule has 0 N–H and O–H groups in total. The van der Waals surface area contributed by atoms with Crippen molar-refractivity contribution in [2.24, 2.45) is 11.8 Å². The van der Waals surface area contributed by atoms with E-state index in [2.05, 4.69) is 26.0 Å². The molecule has 104 valence electrons. The second-order valence-corrected chi connectivity index (χ2v) is 6.60. The van der Waals surface area contributed by atoms with Crippen LogP contribution in [0.3, 0.4) is 0 Å². The van der Waals surface area contributed by atoms with Gasteiger partial charge in [-0.05, 0) is 48.4 Å². The van der Waals surface area contributed by atoms with Crippen molar-refractivity contribution in [1.29, 1.82) is 0 Å². The van der Waals surface area contributed by atoms with Crippen LogP contribution in [0, 0.1) is 11.8 Å². The summed E-state index contributed by atoms with van der Waals surface area (Å²) in [5.74, 6) is 2.86. The number of rotatable bonds is 0. The van der Waals surface area contributed by atoms with E-state index in [-0.39, 0.29) is 5.38 Å². The molecule has 0 amide bonds. The zero-order chi connectivity index (χ0) is 13.4. The van der Waals surface area contributed by atoms with E-state index in [0.717, 1.165) is 37.6 Å². The molecule has 0 aromatic heterocycles. The Morgan fingerprint density at radius 2 is 1.74 bits per heavy atom. The van der Waals surface area contributed by atoms with Crippen LogP contribution in [0.2, 0.25) is 0 Å². The molecule has 19 heavy (non-hydrogen) atoms. The molecular weight excluding hydrogens is 260 g/mol. The van der Waals surface area contributed by atoms with Crippen LogP contribution in [0.5, 0.6) is 11.5 Å². The molecule has 1 aliphatic heterocycles. The largest absolute Gasteiger partial charge is 0.489 e. The van der Waals surface area contributed by atoms with Gasteiger partial charge in [0.1, 0.15) is 0 Å². The number of fused-ring (bicyclic) bond motifs is 2. The minimum absolute atomic E-state index is 0.0991. The number of ether oxygens (including phenoxy) is 2. The molecule has 0 fully saturated rings. The fourth-order valence-corrected chi connectivity index (χ4v) is 3.37. The highest BCUT2D eigenvalue weighted by Gasteiger charge is 2.24. The Bertz CT molecular complexity index is 472. The van der Waals surface area contributed by atoms with Gasteiger partial charge in [-0.1, -0.05) is 13.8 Å². The smallest absolute Gasteiger partial charge is 0.161 e. The number of benzene rings is 1. The van der Waals surface area contributed by atoms with Crippen molar-refractivity contribution in [3.05, 3.63) is 23.3 Å². The quantitative estimate of drug-likeness (QED) is 0.520. The lowest BCUT2D eigenvalue weighted by Crippen LogP contribution is -2.12.